The molecular weight excluding hydrogens is 300 g/mol. The molecule has 1 amide bonds. The molecule has 0 saturated carbocycles. The highest BCUT2D eigenvalue weighted by atomic mass is 35.5. The Morgan fingerprint density at radius 3 is 2.73 bits per heavy atom. The number of rotatable bonds is 2. The van der Waals surface area contributed by atoms with Gasteiger partial charge in [-0.1, -0.05) is 41.9 Å². The summed E-state index contributed by atoms with van der Waals surface area (Å²) in [6.45, 7) is 0.907. The minimum absolute atomic E-state index is 0.348. The van der Waals surface area contributed by atoms with Crippen LogP contribution in [-0.2, 0) is 17.6 Å². The van der Waals surface area contributed by atoms with E-state index in [0.29, 0.717) is 19.0 Å². The van der Waals surface area contributed by atoms with Crippen LogP contribution in [-0.4, -0.2) is 24.2 Å². The van der Waals surface area contributed by atoms with E-state index in [-0.39, 0.29) is 6.09 Å². The summed E-state index contributed by atoms with van der Waals surface area (Å²) < 4.78 is 5.07. The van der Waals surface area contributed by atoms with Gasteiger partial charge in [-0.25, -0.2) is 9.78 Å². The Bertz CT molecular complexity index is 746. The number of nitrogens with zero attached hydrogens (tertiary/aromatic N) is 2. The number of cyclic esters (lactones) is 1. The Kier molecular flexibility index (Phi) is 3.26. The third-order valence-corrected chi connectivity index (χ3v) is 4.63. The summed E-state index contributed by atoms with van der Waals surface area (Å²) in [5.41, 5.74) is 3.95. The Morgan fingerprint density at radius 2 is 2.00 bits per heavy atom. The van der Waals surface area contributed by atoms with Crippen molar-refractivity contribution in [3.05, 3.63) is 46.6 Å². The van der Waals surface area contributed by atoms with E-state index < -0.39 is 0 Å². The lowest BCUT2D eigenvalue weighted by Gasteiger charge is -2.20. The van der Waals surface area contributed by atoms with Crippen molar-refractivity contribution in [3.8, 4) is 11.1 Å². The highest BCUT2D eigenvalue weighted by molar-refractivity contribution is 6.35. The Balaban J connectivity index is 1.96. The number of anilines is 1. The van der Waals surface area contributed by atoms with Gasteiger partial charge in [0.15, 0.2) is 0 Å². The first kappa shape index (κ1) is 13.6. The number of benzene rings is 1. The van der Waals surface area contributed by atoms with Crippen LogP contribution in [0.4, 0.5) is 10.6 Å². The predicted molar refractivity (Wildman–Crippen MR) is 85.4 cm³/mol. The Morgan fingerprint density at radius 1 is 1.18 bits per heavy atom. The fraction of sp³-hybridized carbons (Fsp3) is 0.294. The molecule has 2 aromatic rings. The first-order valence-corrected chi connectivity index (χ1v) is 7.84. The third kappa shape index (κ3) is 2.06. The van der Waals surface area contributed by atoms with Gasteiger partial charge in [-0.05, 0) is 30.4 Å². The first-order chi connectivity index (χ1) is 10.8. The molecule has 0 bridgehead atoms. The van der Waals surface area contributed by atoms with Crippen LogP contribution >= 0.6 is 11.6 Å². The van der Waals surface area contributed by atoms with Gasteiger partial charge in [0.1, 0.15) is 12.4 Å². The highest BCUT2D eigenvalue weighted by Crippen LogP contribution is 2.42. The minimum atomic E-state index is -0.348. The molecule has 2 heterocycles. The normalized spacial score (nSPS) is 16.8. The largest absolute Gasteiger partial charge is 0.447 e. The number of hydrogen-bond donors (Lipinski definition) is 0. The molecule has 22 heavy (non-hydrogen) atoms. The second-order valence-electron chi connectivity index (χ2n) is 5.54. The van der Waals surface area contributed by atoms with Gasteiger partial charge in [-0.2, -0.15) is 0 Å². The second-order valence-corrected chi connectivity index (χ2v) is 5.91. The van der Waals surface area contributed by atoms with Crippen molar-refractivity contribution in [2.45, 2.75) is 19.3 Å². The zero-order valence-corrected chi connectivity index (χ0v) is 12.8. The van der Waals surface area contributed by atoms with Crippen LogP contribution in [0.5, 0.6) is 0 Å². The molecule has 0 unspecified atom stereocenters. The summed E-state index contributed by atoms with van der Waals surface area (Å²) in [5, 5.41) is 0.725. The van der Waals surface area contributed by atoms with E-state index in [1.807, 2.05) is 30.3 Å². The van der Waals surface area contributed by atoms with Crippen LogP contribution in [0, 0.1) is 0 Å². The van der Waals surface area contributed by atoms with Gasteiger partial charge in [0, 0.05) is 11.3 Å². The number of hydrogen-bond acceptors (Lipinski definition) is 3. The molecule has 0 atom stereocenters. The third-order valence-electron chi connectivity index (χ3n) is 4.22. The quantitative estimate of drug-likeness (QED) is 0.845. The van der Waals surface area contributed by atoms with Gasteiger partial charge < -0.3 is 4.74 Å². The first-order valence-electron chi connectivity index (χ1n) is 7.46. The van der Waals surface area contributed by atoms with Gasteiger partial charge in [-0.15, -0.1) is 0 Å². The van der Waals surface area contributed by atoms with Gasteiger partial charge in [0.2, 0.25) is 0 Å². The highest BCUT2D eigenvalue weighted by Gasteiger charge is 2.31. The number of carbonyl (C=O) groups excluding carboxylic acids is 1. The van der Waals surface area contributed by atoms with Crippen LogP contribution in [0.1, 0.15) is 17.7 Å². The molecule has 112 valence electrons. The van der Waals surface area contributed by atoms with Crippen LogP contribution in [0.3, 0.4) is 0 Å². The molecule has 4 nitrogen and oxygen atoms in total. The lowest BCUT2D eigenvalue weighted by atomic mass is 10.0. The van der Waals surface area contributed by atoms with Gasteiger partial charge in [0.05, 0.1) is 11.6 Å². The standard InChI is InChI=1S/C17H15ClN2O2/c18-15-12-7-4-8-13(12)19-16(20-9-10-22-17(20)21)14(15)11-5-2-1-3-6-11/h1-3,5-6H,4,7-10H2. The average molecular weight is 315 g/mol. The Labute approximate surface area is 133 Å². The summed E-state index contributed by atoms with van der Waals surface area (Å²) in [6, 6.07) is 9.88. The molecule has 0 radical (unpaired) electrons. The van der Waals surface area contributed by atoms with Crippen molar-refractivity contribution in [2.75, 3.05) is 18.1 Å². The number of pyridine rings is 1. The van der Waals surface area contributed by atoms with Gasteiger partial charge in [0.25, 0.3) is 0 Å². The summed E-state index contributed by atoms with van der Waals surface area (Å²) in [6.07, 6.45) is 2.58. The topological polar surface area (TPSA) is 42.4 Å². The van der Waals surface area contributed by atoms with Crippen LogP contribution in [0.25, 0.3) is 11.1 Å². The summed E-state index contributed by atoms with van der Waals surface area (Å²) in [5.74, 6) is 0.624. The maximum absolute atomic E-state index is 12.0. The van der Waals surface area contributed by atoms with E-state index in [1.165, 1.54) is 0 Å². The maximum Gasteiger partial charge on any atom is 0.415 e. The van der Waals surface area contributed by atoms with Crippen LogP contribution < -0.4 is 4.90 Å². The SMILES string of the molecule is O=C1OCCN1c1nc2c(c(Cl)c1-c1ccccc1)CCC2. The number of halogens is 1. The predicted octanol–water partition coefficient (Wildman–Crippen LogP) is 3.85. The van der Waals surface area contributed by atoms with Crippen molar-refractivity contribution in [1.29, 1.82) is 0 Å². The fourth-order valence-corrected chi connectivity index (χ4v) is 3.56. The van der Waals surface area contributed by atoms with E-state index in [0.717, 1.165) is 46.7 Å². The van der Waals surface area contributed by atoms with Crippen molar-refractivity contribution < 1.29 is 9.53 Å². The number of aryl methyl sites for hydroxylation is 1. The zero-order valence-electron chi connectivity index (χ0n) is 12.0. The number of fused-ring (bicyclic) bond motifs is 1. The summed E-state index contributed by atoms with van der Waals surface area (Å²) in [4.78, 5) is 18.3. The zero-order chi connectivity index (χ0) is 15.1. The van der Waals surface area contributed by atoms with Crippen molar-refractivity contribution >= 4 is 23.5 Å². The van der Waals surface area contributed by atoms with Crippen molar-refractivity contribution in [2.24, 2.45) is 0 Å². The average Bonchev–Trinajstić information content (AvgIpc) is 3.16. The van der Waals surface area contributed by atoms with Crippen LogP contribution in [0.2, 0.25) is 5.02 Å². The molecule has 0 spiro atoms. The van der Waals surface area contributed by atoms with Crippen molar-refractivity contribution in [1.82, 2.24) is 4.98 Å². The molecule has 1 aliphatic carbocycles. The molecule has 1 aromatic carbocycles. The molecule has 1 saturated heterocycles. The lowest BCUT2D eigenvalue weighted by molar-refractivity contribution is 0.181. The van der Waals surface area contributed by atoms with Crippen molar-refractivity contribution in [3.63, 3.8) is 0 Å². The summed E-state index contributed by atoms with van der Waals surface area (Å²) >= 11 is 6.70. The van der Waals surface area contributed by atoms with E-state index in [9.17, 15) is 4.79 Å². The minimum Gasteiger partial charge on any atom is -0.447 e. The number of carbonyl (C=O) groups is 1. The fourth-order valence-electron chi connectivity index (χ4n) is 3.16. The molecule has 0 N–H and O–H groups in total. The van der Waals surface area contributed by atoms with E-state index in [1.54, 1.807) is 4.90 Å². The molecule has 5 heteroatoms. The molecule has 2 aliphatic rings. The number of amides is 1. The molecule has 1 aromatic heterocycles. The molecule has 1 fully saturated rings. The molecule has 4 rings (SSSR count). The molecular formula is C17H15ClN2O2. The van der Waals surface area contributed by atoms with E-state index in [2.05, 4.69) is 0 Å². The monoisotopic (exact) mass is 314 g/mol. The maximum atomic E-state index is 12.0. The number of aromatic nitrogens is 1. The second kappa shape index (κ2) is 5.29. The van der Waals surface area contributed by atoms with Gasteiger partial charge in [-0.3, -0.25) is 4.90 Å². The lowest BCUT2D eigenvalue weighted by Crippen LogP contribution is -2.25. The Hall–Kier alpha value is -2.07. The van der Waals surface area contributed by atoms with E-state index in [4.69, 9.17) is 21.3 Å². The van der Waals surface area contributed by atoms with Crippen LogP contribution in [0.15, 0.2) is 30.3 Å². The van der Waals surface area contributed by atoms with Gasteiger partial charge >= 0.3 is 6.09 Å². The van der Waals surface area contributed by atoms with E-state index >= 15 is 0 Å². The smallest absolute Gasteiger partial charge is 0.415 e. The summed E-state index contributed by atoms with van der Waals surface area (Å²) in [7, 11) is 0. The number of ether oxygens (including phenoxy) is 1. The molecule has 1 aliphatic heterocycles.